The molecule has 0 aliphatic carbocycles. The molecule has 1 aromatic carbocycles. The lowest BCUT2D eigenvalue weighted by atomic mass is 10.0. The molecule has 21 heavy (non-hydrogen) atoms. The van der Waals surface area contributed by atoms with Gasteiger partial charge in [-0.15, -0.1) is 11.3 Å². The Morgan fingerprint density at radius 3 is 2.76 bits per heavy atom. The third kappa shape index (κ3) is 3.75. The van der Waals surface area contributed by atoms with Crippen molar-refractivity contribution in [2.24, 2.45) is 0 Å². The number of hydrogen-bond acceptors (Lipinski definition) is 2. The van der Waals surface area contributed by atoms with Crippen molar-refractivity contribution in [2.75, 3.05) is 5.75 Å². The van der Waals surface area contributed by atoms with Gasteiger partial charge < -0.3 is 0 Å². The van der Waals surface area contributed by atoms with Crippen LogP contribution in [0.1, 0.15) is 51.0 Å². The molecule has 1 atom stereocenters. The third-order valence-electron chi connectivity index (χ3n) is 3.99. The molecule has 0 radical (unpaired) electrons. The molecular formula is C18H21BrS2. The summed E-state index contributed by atoms with van der Waals surface area (Å²) in [6.07, 6.45) is 5.00. The van der Waals surface area contributed by atoms with Crippen molar-refractivity contribution in [2.45, 2.75) is 43.2 Å². The van der Waals surface area contributed by atoms with Crippen LogP contribution < -0.4 is 0 Å². The predicted octanol–water partition coefficient (Wildman–Crippen LogP) is 6.36. The Balaban J connectivity index is 1.75. The largest absolute Gasteiger partial charge is 0.157 e. The summed E-state index contributed by atoms with van der Waals surface area (Å²) >= 11 is 7.96. The third-order valence-corrected chi connectivity index (χ3v) is 7.62. The van der Waals surface area contributed by atoms with Crippen LogP contribution in [0.4, 0.5) is 0 Å². The minimum absolute atomic E-state index is 0.346. The number of hydrogen-bond donors (Lipinski definition) is 0. The number of halogens is 1. The summed E-state index contributed by atoms with van der Waals surface area (Å²) in [6, 6.07) is 11.6. The van der Waals surface area contributed by atoms with Gasteiger partial charge in [-0.3, -0.25) is 0 Å². The SMILES string of the molecule is CCCCc1ccc(C(Br)c2cc3c(s2)CCSC3)cc1. The van der Waals surface area contributed by atoms with Gasteiger partial charge in [0.25, 0.3) is 0 Å². The molecule has 0 spiro atoms. The van der Waals surface area contributed by atoms with Gasteiger partial charge in [0.1, 0.15) is 0 Å². The summed E-state index contributed by atoms with van der Waals surface area (Å²) in [4.78, 5) is 3.41. The Morgan fingerprint density at radius 1 is 1.24 bits per heavy atom. The summed E-state index contributed by atoms with van der Waals surface area (Å²) in [7, 11) is 0. The van der Waals surface area contributed by atoms with Crippen LogP contribution >= 0.6 is 39.0 Å². The first-order valence-corrected chi connectivity index (χ1v) is 10.6. The highest BCUT2D eigenvalue weighted by molar-refractivity contribution is 9.09. The summed E-state index contributed by atoms with van der Waals surface area (Å²) in [5.41, 5.74) is 4.40. The molecule has 0 saturated heterocycles. The topological polar surface area (TPSA) is 0 Å². The van der Waals surface area contributed by atoms with Crippen LogP contribution in [-0.4, -0.2) is 5.75 Å². The van der Waals surface area contributed by atoms with Crippen molar-refractivity contribution in [3.63, 3.8) is 0 Å². The van der Waals surface area contributed by atoms with Crippen LogP contribution in [0, 0.1) is 0 Å². The molecule has 1 aromatic heterocycles. The van der Waals surface area contributed by atoms with Gasteiger partial charge in [0.15, 0.2) is 0 Å². The lowest BCUT2D eigenvalue weighted by Crippen LogP contribution is -1.96. The fraction of sp³-hybridized carbons (Fsp3) is 0.444. The number of thioether (sulfide) groups is 1. The minimum Gasteiger partial charge on any atom is -0.157 e. The smallest absolute Gasteiger partial charge is 0.0738 e. The number of aryl methyl sites for hydroxylation is 2. The molecule has 3 heteroatoms. The minimum atomic E-state index is 0.346. The van der Waals surface area contributed by atoms with E-state index in [-0.39, 0.29) is 0 Å². The van der Waals surface area contributed by atoms with Crippen molar-refractivity contribution < 1.29 is 0 Å². The molecule has 2 heterocycles. The van der Waals surface area contributed by atoms with Gasteiger partial charge in [-0.05, 0) is 47.8 Å². The normalized spacial score (nSPS) is 15.7. The average molecular weight is 381 g/mol. The molecule has 112 valence electrons. The van der Waals surface area contributed by atoms with Crippen molar-refractivity contribution in [3.8, 4) is 0 Å². The molecule has 1 unspecified atom stereocenters. The maximum absolute atomic E-state index is 3.90. The second-order valence-electron chi connectivity index (χ2n) is 5.61. The number of unbranched alkanes of at least 4 members (excludes halogenated alkanes) is 1. The zero-order valence-corrected chi connectivity index (χ0v) is 15.6. The molecule has 0 bridgehead atoms. The number of rotatable bonds is 5. The van der Waals surface area contributed by atoms with Gasteiger partial charge in [-0.25, -0.2) is 0 Å². The number of benzene rings is 1. The highest BCUT2D eigenvalue weighted by atomic mass is 79.9. The van der Waals surface area contributed by atoms with Crippen LogP contribution in [0.2, 0.25) is 0 Å². The van der Waals surface area contributed by atoms with Crippen LogP contribution in [0.15, 0.2) is 30.3 Å². The lowest BCUT2D eigenvalue weighted by molar-refractivity contribution is 0.795. The summed E-state index contributed by atoms with van der Waals surface area (Å²) in [5.74, 6) is 2.48. The fourth-order valence-corrected chi connectivity index (χ4v) is 5.79. The number of fused-ring (bicyclic) bond motifs is 1. The zero-order valence-electron chi connectivity index (χ0n) is 12.4. The van der Waals surface area contributed by atoms with E-state index in [4.69, 9.17) is 0 Å². The van der Waals surface area contributed by atoms with Gasteiger partial charge in [0.05, 0.1) is 4.83 Å². The Labute approximate surface area is 144 Å². The van der Waals surface area contributed by atoms with Gasteiger partial charge in [-0.2, -0.15) is 11.8 Å². The van der Waals surface area contributed by atoms with Gasteiger partial charge >= 0.3 is 0 Å². The highest BCUT2D eigenvalue weighted by Gasteiger charge is 2.18. The summed E-state index contributed by atoms with van der Waals surface area (Å²) in [5, 5.41) is 0. The van der Waals surface area contributed by atoms with E-state index in [1.165, 1.54) is 53.2 Å². The van der Waals surface area contributed by atoms with E-state index in [1.54, 1.807) is 10.4 Å². The molecule has 0 fully saturated rings. The first-order chi connectivity index (χ1) is 10.3. The van der Waals surface area contributed by atoms with E-state index in [0.29, 0.717) is 4.83 Å². The Kier molecular flexibility index (Phi) is 5.47. The van der Waals surface area contributed by atoms with Crippen LogP contribution in [-0.2, 0) is 18.6 Å². The quantitative estimate of drug-likeness (QED) is 0.543. The molecule has 2 aromatic rings. The molecule has 0 nitrogen and oxygen atoms in total. The van der Waals surface area contributed by atoms with Gasteiger partial charge in [0, 0.05) is 15.5 Å². The first-order valence-electron chi connectivity index (χ1n) is 7.70. The van der Waals surface area contributed by atoms with E-state index < -0.39 is 0 Å². The van der Waals surface area contributed by atoms with Crippen molar-refractivity contribution >= 4 is 39.0 Å². The molecule has 1 aliphatic heterocycles. The van der Waals surface area contributed by atoms with Crippen molar-refractivity contribution in [1.82, 2.24) is 0 Å². The molecule has 0 N–H and O–H groups in total. The maximum atomic E-state index is 3.90. The van der Waals surface area contributed by atoms with Crippen molar-refractivity contribution in [3.05, 3.63) is 56.8 Å². The standard InChI is InChI=1S/C18H21BrS2/c1-2-3-4-13-5-7-14(8-6-13)18(19)17-11-15-12-20-10-9-16(15)21-17/h5-8,11,18H,2-4,9-10,12H2,1H3. The average Bonchev–Trinajstić information content (AvgIpc) is 2.96. The summed E-state index contributed by atoms with van der Waals surface area (Å²) in [6.45, 7) is 2.25. The Hall–Kier alpha value is -0.250. The molecule has 0 amide bonds. The molecule has 3 rings (SSSR count). The Morgan fingerprint density at radius 2 is 2.05 bits per heavy atom. The molecule has 0 saturated carbocycles. The molecular weight excluding hydrogens is 360 g/mol. The fourth-order valence-electron chi connectivity index (χ4n) is 2.69. The van der Waals surface area contributed by atoms with E-state index >= 15 is 0 Å². The highest BCUT2D eigenvalue weighted by Crippen LogP contribution is 2.40. The monoisotopic (exact) mass is 380 g/mol. The van der Waals surface area contributed by atoms with Crippen molar-refractivity contribution in [1.29, 1.82) is 0 Å². The van der Waals surface area contributed by atoms with E-state index in [2.05, 4.69) is 64.9 Å². The van der Waals surface area contributed by atoms with Crippen LogP contribution in [0.25, 0.3) is 0 Å². The number of thiophene rings is 1. The lowest BCUT2D eigenvalue weighted by Gasteiger charge is -2.09. The van der Waals surface area contributed by atoms with E-state index in [9.17, 15) is 0 Å². The van der Waals surface area contributed by atoms with Crippen LogP contribution in [0.3, 0.4) is 0 Å². The second-order valence-corrected chi connectivity index (χ2v) is 8.80. The van der Waals surface area contributed by atoms with E-state index in [0.717, 1.165) is 0 Å². The van der Waals surface area contributed by atoms with Gasteiger partial charge in [-0.1, -0.05) is 53.5 Å². The van der Waals surface area contributed by atoms with Gasteiger partial charge in [0.2, 0.25) is 0 Å². The van der Waals surface area contributed by atoms with Crippen LogP contribution in [0.5, 0.6) is 0 Å². The summed E-state index contributed by atoms with van der Waals surface area (Å²) < 4.78 is 0. The predicted molar refractivity (Wildman–Crippen MR) is 100 cm³/mol. The number of alkyl halides is 1. The first kappa shape index (κ1) is 15.6. The maximum Gasteiger partial charge on any atom is 0.0738 e. The second kappa shape index (κ2) is 7.34. The Bertz CT molecular complexity index is 562. The zero-order chi connectivity index (χ0) is 14.7. The van der Waals surface area contributed by atoms with E-state index in [1.807, 2.05) is 11.3 Å². The molecule has 1 aliphatic rings.